The Morgan fingerprint density at radius 3 is 2.38 bits per heavy atom. The third-order valence-corrected chi connectivity index (χ3v) is 1.75. The zero-order chi connectivity index (χ0) is 9.68. The molecular formula is C12H12O. The second-order valence-corrected chi connectivity index (χ2v) is 2.77. The van der Waals surface area contributed by atoms with Crippen LogP contribution in [0.5, 0.6) is 0 Å². The van der Waals surface area contributed by atoms with Crippen molar-refractivity contribution < 1.29 is 4.79 Å². The summed E-state index contributed by atoms with van der Waals surface area (Å²) in [6.45, 7) is 5.13. The Balaban J connectivity index is 2.98. The van der Waals surface area contributed by atoms with Crippen molar-refractivity contribution in [3.63, 3.8) is 0 Å². The van der Waals surface area contributed by atoms with E-state index in [4.69, 9.17) is 0 Å². The predicted octanol–water partition coefficient (Wildman–Crippen LogP) is 2.85. The summed E-state index contributed by atoms with van der Waals surface area (Å²) in [4.78, 5) is 11.0. The Hall–Kier alpha value is -1.63. The van der Waals surface area contributed by atoms with Gasteiger partial charge in [0.2, 0.25) is 0 Å². The van der Waals surface area contributed by atoms with Gasteiger partial charge in [-0.1, -0.05) is 43.0 Å². The first-order valence-corrected chi connectivity index (χ1v) is 4.14. The summed E-state index contributed by atoms with van der Waals surface area (Å²) < 4.78 is 0. The van der Waals surface area contributed by atoms with Crippen LogP contribution >= 0.6 is 0 Å². The molecule has 0 heterocycles. The van der Waals surface area contributed by atoms with Crippen LogP contribution in [-0.4, -0.2) is 5.78 Å². The zero-order valence-electron chi connectivity index (χ0n) is 7.66. The molecule has 0 atom stereocenters. The van der Waals surface area contributed by atoms with Crippen LogP contribution in [0.4, 0.5) is 0 Å². The predicted molar refractivity (Wildman–Crippen MR) is 55.3 cm³/mol. The lowest BCUT2D eigenvalue weighted by Gasteiger charge is -1.95. The number of hydrogen-bond donors (Lipinski definition) is 0. The minimum atomic E-state index is 0.0406. The zero-order valence-corrected chi connectivity index (χ0v) is 7.66. The van der Waals surface area contributed by atoms with Gasteiger partial charge >= 0.3 is 0 Å². The molecule has 0 saturated carbocycles. The molecule has 0 aliphatic rings. The molecule has 0 spiro atoms. The molecule has 1 aromatic carbocycles. The molecule has 0 aliphatic carbocycles. The summed E-state index contributed by atoms with van der Waals surface area (Å²) in [7, 11) is 0. The summed E-state index contributed by atoms with van der Waals surface area (Å²) in [6, 6.07) is 9.72. The molecule has 13 heavy (non-hydrogen) atoms. The largest absolute Gasteiger partial charge is 0.295 e. The highest BCUT2D eigenvalue weighted by atomic mass is 16.1. The lowest BCUT2D eigenvalue weighted by Crippen LogP contribution is -1.91. The number of benzene rings is 1. The lowest BCUT2D eigenvalue weighted by atomic mass is 10.1. The number of rotatable bonds is 3. The molecule has 0 bridgehead atoms. The van der Waals surface area contributed by atoms with E-state index in [1.165, 1.54) is 6.92 Å². The van der Waals surface area contributed by atoms with Gasteiger partial charge in [-0.25, -0.2) is 0 Å². The number of Topliss-reactive ketones (excluding diaryl/α,β-unsaturated/α-hetero) is 1. The summed E-state index contributed by atoms with van der Waals surface area (Å²) >= 11 is 0. The van der Waals surface area contributed by atoms with Crippen molar-refractivity contribution in [3.05, 3.63) is 54.1 Å². The van der Waals surface area contributed by atoms with E-state index in [0.29, 0.717) is 5.57 Å². The third-order valence-electron chi connectivity index (χ3n) is 1.75. The van der Waals surface area contributed by atoms with Gasteiger partial charge in [-0.05, 0) is 18.6 Å². The Bertz CT molecular complexity index is 333. The second kappa shape index (κ2) is 4.41. The first-order chi connectivity index (χ1) is 6.24. The quantitative estimate of drug-likeness (QED) is 0.506. The summed E-state index contributed by atoms with van der Waals surface area (Å²) in [5, 5.41) is 0. The molecule has 1 aromatic rings. The van der Waals surface area contributed by atoms with Crippen LogP contribution in [0.3, 0.4) is 0 Å². The fraction of sp³-hybridized carbons (Fsp3) is 0.0833. The summed E-state index contributed by atoms with van der Waals surface area (Å²) in [5.74, 6) is 0.0406. The van der Waals surface area contributed by atoms with E-state index >= 15 is 0 Å². The van der Waals surface area contributed by atoms with Crippen LogP contribution in [0, 0.1) is 0 Å². The van der Waals surface area contributed by atoms with Crippen LogP contribution in [0.15, 0.2) is 48.6 Å². The third kappa shape index (κ3) is 2.71. The normalized spacial score (nSPS) is 11.0. The minimum Gasteiger partial charge on any atom is -0.295 e. The van der Waals surface area contributed by atoms with E-state index in [1.54, 1.807) is 6.08 Å². The van der Waals surface area contributed by atoms with Crippen LogP contribution in [0.2, 0.25) is 0 Å². The van der Waals surface area contributed by atoms with Gasteiger partial charge in [-0.3, -0.25) is 4.79 Å². The first kappa shape index (κ1) is 9.46. The van der Waals surface area contributed by atoms with Gasteiger partial charge in [0.05, 0.1) is 0 Å². The lowest BCUT2D eigenvalue weighted by molar-refractivity contribution is -0.113. The summed E-state index contributed by atoms with van der Waals surface area (Å²) in [5.41, 5.74) is 1.67. The molecule has 0 aliphatic heterocycles. The van der Waals surface area contributed by atoms with Crippen LogP contribution < -0.4 is 0 Å². The van der Waals surface area contributed by atoms with Crippen molar-refractivity contribution in [2.75, 3.05) is 0 Å². The number of carbonyl (C=O) groups is 1. The van der Waals surface area contributed by atoms with Crippen molar-refractivity contribution in [2.24, 2.45) is 0 Å². The van der Waals surface area contributed by atoms with Crippen LogP contribution in [-0.2, 0) is 4.79 Å². The number of allylic oxidation sites excluding steroid dienone is 2. The van der Waals surface area contributed by atoms with Gasteiger partial charge in [0, 0.05) is 5.57 Å². The first-order valence-electron chi connectivity index (χ1n) is 4.14. The standard InChI is InChI=1S/C12H12O/c1-3-12(10(2)13)9-11-7-5-4-6-8-11/h3-9H,1H2,2H3/b12-9+. The van der Waals surface area contributed by atoms with Crippen molar-refractivity contribution >= 4 is 11.9 Å². The van der Waals surface area contributed by atoms with E-state index in [-0.39, 0.29) is 5.78 Å². The number of hydrogen-bond acceptors (Lipinski definition) is 1. The molecule has 0 saturated heterocycles. The maximum Gasteiger partial charge on any atom is 0.159 e. The summed E-state index contributed by atoms with van der Waals surface area (Å²) in [6.07, 6.45) is 3.41. The van der Waals surface area contributed by atoms with Gasteiger partial charge in [-0.2, -0.15) is 0 Å². The van der Waals surface area contributed by atoms with Crippen molar-refractivity contribution in [2.45, 2.75) is 6.92 Å². The molecule has 0 N–H and O–H groups in total. The van der Waals surface area contributed by atoms with Gasteiger partial charge in [-0.15, -0.1) is 0 Å². The van der Waals surface area contributed by atoms with E-state index < -0.39 is 0 Å². The van der Waals surface area contributed by atoms with Crippen molar-refractivity contribution in [3.8, 4) is 0 Å². The molecular weight excluding hydrogens is 160 g/mol. The van der Waals surface area contributed by atoms with Gasteiger partial charge in [0.15, 0.2) is 5.78 Å². The molecule has 0 aromatic heterocycles. The average Bonchev–Trinajstić information content (AvgIpc) is 2.15. The molecule has 1 heteroatoms. The highest BCUT2D eigenvalue weighted by Gasteiger charge is 1.97. The Kier molecular flexibility index (Phi) is 3.21. The fourth-order valence-corrected chi connectivity index (χ4v) is 1.03. The molecule has 1 nitrogen and oxygen atoms in total. The minimum absolute atomic E-state index is 0.0406. The van der Waals surface area contributed by atoms with Gasteiger partial charge in [0.25, 0.3) is 0 Å². The molecule has 0 radical (unpaired) electrons. The smallest absolute Gasteiger partial charge is 0.159 e. The maximum absolute atomic E-state index is 11.0. The molecule has 0 amide bonds. The molecule has 0 unspecified atom stereocenters. The van der Waals surface area contributed by atoms with E-state index in [1.807, 2.05) is 36.4 Å². The average molecular weight is 172 g/mol. The highest BCUT2D eigenvalue weighted by Crippen LogP contribution is 2.07. The van der Waals surface area contributed by atoms with E-state index in [2.05, 4.69) is 6.58 Å². The Labute approximate surface area is 78.4 Å². The van der Waals surface area contributed by atoms with E-state index in [9.17, 15) is 4.79 Å². The number of carbonyl (C=O) groups excluding carboxylic acids is 1. The molecule has 0 fully saturated rings. The van der Waals surface area contributed by atoms with Gasteiger partial charge in [0.1, 0.15) is 0 Å². The molecule has 1 rings (SSSR count). The van der Waals surface area contributed by atoms with Crippen LogP contribution in [0.1, 0.15) is 12.5 Å². The van der Waals surface area contributed by atoms with E-state index in [0.717, 1.165) is 5.56 Å². The number of ketones is 1. The highest BCUT2D eigenvalue weighted by molar-refractivity contribution is 6.00. The fourth-order valence-electron chi connectivity index (χ4n) is 1.03. The van der Waals surface area contributed by atoms with Gasteiger partial charge < -0.3 is 0 Å². The molecule has 66 valence electrons. The second-order valence-electron chi connectivity index (χ2n) is 2.77. The monoisotopic (exact) mass is 172 g/mol. The Morgan fingerprint density at radius 2 is 1.92 bits per heavy atom. The van der Waals surface area contributed by atoms with Crippen LogP contribution in [0.25, 0.3) is 6.08 Å². The SMILES string of the molecule is C=C/C(=C\c1ccccc1)C(C)=O. The maximum atomic E-state index is 11.0. The van der Waals surface area contributed by atoms with Crippen molar-refractivity contribution in [1.82, 2.24) is 0 Å². The topological polar surface area (TPSA) is 17.1 Å². The Morgan fingerprint density at radius 1 is 1.31 bits per heavy atom. The van der Waals surface area contributed by atoms with Crippen molar-refractivity contribution in [1.29, 1.82) is 0 Å².